The van der Waals surface area contributed by atoms with E-state index in [-0.39, 0.29) is 24.5 Å². The van der Waals surface area contributed by atoms with E-state index in [1.165, 1.54) is 0 Å². The van der Waals surface area contributed by atoms with Crippen LogP contribution in [0.3, 0.4) is 0 Å². The van der Waals surface area contributed by atoms with E-state index < -0.39 is 0 Å². The summed E-state index contributed by atoms with van der Waals surface area (Å²) in [5, 5.41) is 12.7. The highest BCUT2D eigenvalue weighted by Crippen LogP contribution is 2.30. The number of nitrogens with one attached hydrogen (secondary N) is 1. The molecule has 6 nitrogen and oxygen atoms in total. The van der Waals surface area contributed by atoms with Crippen molar-refractivity contribution in [2.45, 2.75) is 32.7 Å². The zero-order valence-corrected chi connectivity index (χ0v) is 14.9. The van der Waals surface area contributed by atoms with Crippen molar-refractivity contribution in [1.82, 2.24) is 9.97 Å². The van der Waals surface area contributed by atoms with Crippen LogP contribution in [-0.2, 0) is 11.2 Å². The van der Waals surface area contributed by atoms with Gasteiger partial charge in [-0.05, 0) is 30.0 Å². The number of aryl methyl sites for hydroxylation is 1. The van der Waals surface area contributed by atoms with Gasteiger partial charge in [-0.2, -0.15) is 0 Å². The molecule has 0 spiro atoms. The number of aliphatic hydroxyl groups excluding tert-OH is 1. The minimum atomic E-state index is -0.0623. The molecule has 132 valence electrons. The minimum Gasteiger partial charge on any atom is -0.394 e. The molecule has 1 atom stereocenters. The van der Waals surface area contributed by atoms with Crippen molar-refractivity contribution in [2.75, 3.05) is 23.9 Å². The molecule has 25 heavy (non-hydrogen) atoms. The fourth-order valence-corrected chi connectivity index (χ4v) is 3.00. The molecule has 0 fully saturated rings. The van der Waals surface area contributed by atoms with Gasteiger partial charge in [0.2, 0.25) is 5.91 Å². The number of hydrogen-bond acceptors (Lipinski definition) is 5. The van der Waals surface area contributed by atoms with Crippen molar-refractivity contribution in [3.8, 4) is 11.3 Å². The number of nitrogens with zero attached hydrogens (tertiary/aromatic N) is 3. The van der Waals surface area contributed by atoms with Crippen LogP contribution in [-0.4, -0.2) is 40.7 Å². The number of aromatic nitrogens is 2. The molecule has 0 bridgehead atoms. The van der Waals surface area contributed by atoms with E-state index in [9.17, 15) is 9.90 Å². The van der Waals surface area contributed by atoms with Gasteiger partial charge in [0.05, 0.1) is 30.7 Å². The Kier molecular flexibility index (Phi) is 4.99. The Morgan fingerprint density at radius 2 is 2.08 bits per heavy atom. The van der Waals surface area contributed by atoms with Gasteiger partial charge in [0.25, 0.3) is 0 Å². The Morgan fingerprint density at radius 1 is 1.28 bits per heavy atom. The summed E-state index contributed by atoms with van der Waals surface area (Å²) < 4.78 is 0. The lowest BCUT2D eigenvalue weighted by atomic mass is 9.98. The second-order valence-corrected chi connectivity index (χ2v) is 6.76. The highest BCUT2D eigenvalue weighted by Gasteiger charge is 2.21. The van der Waals surface area contributed by atoms with Crippen LogP contribution in [0.25, 0.3) is 11.3 Å². The summed E-state index contributed by atoms with van der Waals surface area (Å²) in [7, 11) is 1.81. The van der Waals surface area contributed by atoms with Crippen LogP contribution in [0, 0.1) is 5.92 Å². The molecule has 3 rings (SSSR count). The SMILES string of the molecule is CC(C)C(CO)Nc1cncc(-c2ccc3c(c2)CCC(=O)N3C)n1. The van der Waals surface area contributed by atoms with Crippen LogP contribution in [0.5, 0.6) is 0 Å². The summed E-state index contributed by atoms with van der Waals surface area (Å²) in [6.07, 6.45) is 4.68. The van der Waals surface area contributed by atoms with Gasteiger partial charge < -0.3 is 15.3 Å². The van der Waals surface area contributed by atoms with E-state index in [0.717, 1.165) is 28.9 Å². The predicted octanol–water partition coefficient (Wildman–Crippen LogP) is 2.48. The molecule has 6 heteroatoms. The standard InChI is InChI=1S/C19H24N4O2/c1-12(2)16(11-24)22-18-10-20-9-15(21-18)13-4-6-17-14(8-13)5-7-19(25)23(17)3/h4,6,8-10,12,16,24H,5,7,11H2,1-3H3,(H,21,22). The molecule has 0 saturated carbocycles. The molecule has 1 amide bonds. The highest BCUT2D eigenvalue weighted by molar-refractivity contribution is 5.96. The van der Waals surface area contributed by atoms with Gasteiger partial charge in [0.15, 0.2) is 0 Å². The molecule has 0 saturated heterocycles. The Balaban J connectivity index is 1.88. The molecular formula is C19H24N4O2. The van der Waals surface area contributed by atoms with Crippen LogP contribution in [0.4, 0.5) is 11.5 Å². The van der Waals surface area contributed by atoms with E-state index in [1.54, 1.807) is 17.3 Å². The number of carbonyl (C=O) groups is 1. The summed E-state index contributed by atoms with van der Waals surface area (Å²) in [6.45, 7) is 4.14. The predicted molar refractivity (Wildman–Crippen MR) is 98.5 cm³/mol. The number of amides is 1. The fraction of sp³-hybridized carbons (Fsp3) is 0.421. The van der Waals surface area contributed by atoms with Crippen LogP contribution >= 0.6 is 0 Å². The van der Waals surface area contributed by atoms with Crippen LogP contribution in [0.1, 0.15) is 25.8 Å². The van der Waals surface area contributed by atoms with Crippen molar-refractivity contribution in [1.29, 1.82) is 0 Å². The number of fused-ring (bicyclic) bond motifs is 1. The van der Waals surface area contributed by atoms with Crippen molar-refractivity contribution in [3.05, 3.63) is 36.2 Å². The van der Waals surface area contributed by atoms with Gasteiger partial charge in [0.1, 0.15) is 5.82 Å². The molecule has 1 aliphatic rings. The maximum Gasteiger partial charge on any atom is 0.227 e. The van der Waals surface area contributed by atoms with E-state index in [2.05, 4.69) is 21.4 Å². The van der Waals surface area contributed by atoms with Gasteiger partial charge in [-0.1, -0.05) is 19.9 Å². The average Bonchev–Trinajstić information content (AvgIpc) is 2.62. The van der Waals surface area contributed by atoms with Crippen molar-refractivity contribution >= 4 is 17.4 Å². The Bertz CT molecular complexity index is 776. The topological polar surface area (TPSA) is 78.3 Å². The Hall–Kier alpha value is -2.47. The first-order chi connectivity index (χ1) is 12.0. The number of carbonyl (C=O) groups excluding carboxylic acids is 1. The minimum absolute atomic E-state index is 0.0444. The number of aliphatic hydroxyl groups is 1. The number of benzene rings is 1. The monoisotopic (exact) mass is 340 g/mol. The molecule has 2 N–H and O–H groups in total. The Morgan fingerprint density at radius 3 is 2.80 bits per heavy atom. The van der Waals surface area contributed by atoms with Gasteiger partial charge in [-0.25, -0.2) is 4.98 Å². The third-order valence-corrected chi connectivity index (χ3v) is 4.69. The molecule has 2 aromatic rings. The first kappa shape index (κ1) is 17.4. The summed E-state index contributed by atoms with van der Waals surface area (Å²) in [5.41, 5.74) is 3.85. The summed E-state index contributed by atoms with van der Waals surface area (Å²) in [5.74, 6) is 1.08. The van der Waals surface area contributed by atoms with Crippen molar-refractivity contribution in [3.63, 3.8) is 0 Å². The van der Waals surface area contributed by atoms with Crippen LogP contribution in [0.15, 0.2) is 30.6 Å². The summed E-state index contributed by atoms with van der Waals surface area (Å²) in [6, 6.07) is 5.95. The quantitative estimate of drug-likeness (QED) is 0.874. The average molecular weight is 340 g/mol. The third kappa shape index (κ3) is 3.64. The second kappa shape index (κ2) is 7.19. The van der Waals surface area contributed by atoms with E-state index in [0.29, 0.717) is 12.2 Å². The normalized spacial score (nSPS) is 15.2. The largest absolute Gasteiger partial charge is 0.394 e. The lowest BCUT2D eigenvalue weighted by Gasteiger charge is -2.26. The molecule has 1 unspecified atom stereocenters. The lowest BCUT2D eigenvalue weighted by Crippen LogP contribution is -2.31. The lowest BCUT2D eigenvalue weighted by molar-refractivity contribution is -0.118. The van der Waals surface area contributed by atoms with Gasteiger partial charge in [-0.15, -0.1) is 0 Å². The van der Waals surface area contributed by atoms with E-state index >= 15 is 0 Å². The number of rotatable bonds is 5. The zero-order chi connectivity index (χ0) is 18.0. The maximum atomic E-state index is 11.8. The molecule has 1 aliphatic heterocycles. The fourth-order valence-electron chi connectivity index (χ4n) is 3.00. The molecule has 1 aromatic heterocycles. The first-order valence-electron chi connectivity index (χ1n) is 8.59. The summed E-state index contributed by atoms with van der Waals surface area (Å²) in [4.78, 5) is 22.4. The van der Waals surface area contributed by atoms with Gasteiger partial charge >= 0.3 is 0 Å². The third-order valence-electron chi connectivity index (χ3n) is 4.69. The van der Waals surface area contributed by atoms with Gasteiger partial charge in [0, 0.05) is 24.7 Å². The molecule has 1 aromatic carbocycles. The number of anilines is 2. The second-order valence-electron chi connectivity index (χ2n) is 6.76. The van der Waals surface area contributed by atoms with Crippen LogP contribution in [0.2, 0.25) is 0 Å². The maximum absolute atomic E-state index is 11.8. The summed E-state index contributed by atoms with van der Waals surface area (Å²) >= 11 is 0. The molecule has 2 heterocycles. The van der Waals surface area contributed by atoms with Gasteiger partial charge in [-0.3, -0.25) is 9.78 Å². The molecule has 0 radical (unpaired) electrons. The van der Waals surface area contributed by atoms with Crippen LogP contribution < -0.4 is 10.2 Å². The smallest absolute Gasteiger partial charge is 0.227 e. The van der Waals surface area contributed by atoms with E-state index in [1.807, 2.05) is 33.0 Å². The first-order valence-corrected chi connectivity index (χ1v) is 8.59. The Labute approximate surface area is 147 Å². The molecule has 0 aliphatic carbocycles. The van der Waals surface area contributed by atoms with Crippen molar-refractivity contribution in [2.24, 2.45) is 5.92 Å². The number of hydrogen-bond donors (Lipinski definition) is 2. The highest BCUT2D eigenvalue weighted by atomic mass is 16.3. The zero-order valence-electron chi connectivity index (χ0n) is 14.9. The molecular weight excluding hydrogens is 316 g/mol. The van der Waals surface area contributed by atoms with Crippen molar-refractivity contribution < 1.29 is 9.90 Å². The van der Waals surface area contributed by atoms with E-state index in [4.69, 9.17) is 0 Å².